The minimum Gasteiger partial charge on any atom is -0.459 e. The number of imide groups is 1. The van der Waals surface area contributed by atoms with Gasteiger partial charge < -0.3 is 4.74 Å². The molecule has 1 aliphatic rings. The third-order valence-corrected chi connectivity index (χ3v) is 3.68. The van der Waals surface area contributed by atoms with Gasteiger partial charge in [-0.25, -0.2) is 4.39 Å². The van der Waals surface area contributed by atoms with E-state index in [2.05, 4.69) is 0 Å². The molecule has 0 spiro atoms. The highest BCUT2D eigenvalue weighted by Crippen LogP contribution is 2.32. The lowest BCUT2D eigenvalue weighted by Crippen LogP contribution is -2.37. The number of nitrogens with zero attached hydrogens (tertiary/aromatic N) is 1. The lowest BCUT2D eigenvalue weighted by atomic mass is 10.2. The molecule has 0 aromatic heterocycles. The van der Waals surface area contributed by atoms with E-state index in [0.29, 0.717) is 11.8 Å². The zero-order valence-electron chi connectivity index (χ0n) is 13.0. The van der Waals surface area contributed by atoms with E-state index in [9.17, 15) is 18.8 Å². The van der Waals surface area contributed by atoms with Crippen LogP contribution in [0.4, 0.5) is 9.18 Å². The molecule has 0 N–H and O–H groups in total. The molecule has 122 valence electrons. The Labute approximate surface area is 137 Å². The first-order chi connectivity index (χ1) is 10.7. The standard InChI is InChI=1S/C16H16FNO4S/c1-16(2,3)22-13(19)9-18-14(20)12(23-15(18)21)8-10-6-4-5-7-11(10)17/h4-8H,9H2,1-3H3/b12-8+. The number of rotatable bonds is 3. The van der Waals surface area contributed by atoms with Gasteiger partial charge in [0.15, 0.2) is 0 Å². The highest BCUT2D eigenvalue weighted by molar-refractivity contribution is 8.18. The van der Waals surface area contributed by atoms with Crippen LogP contribution in [0.2, 0.25) is 0 Å². The highest BCUT2D eigenvalue weighted by atomic mass is 32.2. The third kappa shape index (κ3) is 4.41. The SMILES string of the molecule is CC(C)(C)OC(=O)CN1C(=O)S/C(=C/c2ccccc2F)C1=O. The van der Waals surface area contributed by atoms with Crippen molar-refractivity contribution >= 4 is 35.0 Å². The van der Waals surface area contributed by atoms with Gasteiger partial charge >= 0.3 is 5.97 Å². The van der Waals surface area contributed by atoms with Crippen molar-refractivity contribution in [3.63, 3.8) is 0 Å². The van der Waals surface area contributed by atoms with E-state index in [4.69, 9.17) is 4.74 Å². The molecule has 0 bridgehead atoms. The minimum atomic E-state index is -0.706. The third-order valence-electron chi connectivity index (χ3n) is 2.77. The molecule has 0 atom stereocenters. The number of hydrogen-bond acceptors (Lipinski definition) is 5. The van der Waals surface area contributed by atoms with Gasteiger partial charge in [0.05, 0.1) is 4.91 Å². The van der Waals surface area contributed by atoms with Gasteiger partial charge in [-0.1, -0.05) is 18.2 Å². The Bertz CT molecular complexity index is 694. The quantitative estimate of drug-likeness (QED) is 0.626. The average Bonchev–Trinajstić information content (AvgIpc) is 2.67. The number of hydrogen-bond donors (Lipinski definition) is 0. The van der Waals surface area contributed by atoms with E-state index >= 15 is 0 Å². The fourth-order valence-corrected chi connectivity index (χ4v) is 2.70. The molecule has 1 aromatic carbocycles. The van der Waals surface area contributed by atoms with E-state index < -0.39 is 35.1 Å². The minimum absolute atomic E-state index is 0.0728. The van der Waals surface area contributed by atoms with Gasteiger partial charge in [-0.05, 0) is 44.7 Å². The molecular weight excluding hydrogens is 321 g/mol. The van der Waals surface area contributed by atoms with Gasteiger partial charge in [0, 0.05) is 5.56 Å². The molecular formula is C16H16FNO4S. The lowest BCUT2D eigenvalue weighted by molar-refractivity contribution is -0.156. The summed E-state index contributed by atoms with van der Waals surface area (Å²) in [5.74, 6) is -1.80. The molecule has 1 aromatic rings. The van der Waals surface area contributed by atoms with Crippen molar-refractivity contribution in [3.8, 4) is 0 Å². The van der Waals surface area contributed by atoms with Crippen LogP contribution in [0.25, 0.3) is 6.08 Å². The van der Waals surface area contributed by atoms with Crippen LogP contribution < -0.4 is 0 Å². The van der Waals surface area contributed by atoms with Gasteiger partial charge in [0.1, 0.15) is 18.0 Å². The highest BCUT2D eigenvalue weighted by Gasteiger charge is 2.37. The Morgan fingerprint density at radius 3 is 2.57 bits per heavy atom. The maximum atomic E-state index is 13.6. The lowest BCUT2D eigenvalue weighted by Gasteiger charge is -2.21. The van der Waals surface area contributed by atoms with Crippen LogP contribution in [0.15, 0.2) is 29.2 Å². The fraction of sp³-hybridized carbons (Fsp3) is 0.312. The van der Waals surface area contributed by atoms with Crippen LogP contribution in [0, 0.1) is 5.82 Å². The van der Waals surface area contributed by atoms with Crippen molar-refractivity contribution in [2.45, 2.75) is 26.4 Å². The molecule has 1 aliphatic heterocycles. The first-order valence-electron chi connectivity index (χ1n) is 6.89. The zero-order valence-corrected chi connectivity index (χ0v) is 13.8. The molecule has 0 aliphatic carbocycles. The van der Waals surface area contributed by atoms with Crippen LogP contribution in [-0.2, 0) is 14.3 Å². The van der Waals surface area contributed by atoms with Gasteiger partial charge in [0.2, 0.25) is 0 Å². The number of amides is 2. The second-order valence-corrected chi connectivity index (χ2v) is 6.87. The van der Waals surface area contributed by atoms with E-state index in [1.807, 2.05) is 0 Å². The molecule has 0 radical (unpaired) electrons. The molecule has 1 saturated heterocycles. The van der Waals surface area contributed by atoms with Crippen molar-refractivity contribution in [1.82, 2.24) is 4.90 Å². The van der Waals surface area contributed by atoms with Crippen molar-refractivity contribution in [2.24, 2.45) is 0 Å². The van der Waals surface area contributed by atoms with Gasteiger partial charge in [-0.3, -0.25) is 19.3 Å². The van der Waals surface area contributed by atoms with Crippen LogP contribution in [0.1, 0.15) is 26.3 Å². The summed E-state index contributed by atoms with van der Waals surface area (Å²) in [5, 5.41) is -0.580. The number of thioether (sulfide) groups is 1. The van der Waals surface area contributed by atoms with Crippen LogP contribution >= 0.6 is 11.8 Å². The van der Waals surface area contributed by atoms with Crippen molar-refractivity contribution in [1.29, 1.82) is 0 Å². The number of halogens is 1. The van der Waals surface area contributed by atoms with Crippen molar-refractivity contribution in [3.05, 3.63) is 40.6 Å². The van der Waals surface area contributed by atoms with Crippen molar-refractivity contribution < 1.29 is 23.5 Å². The first-order valence-corrected chi connectivity index (χ1v) is 7.71. The number of carbonyl (C=O) groups excluding carboxylic acids is 3. The smallest absolute Gasteiger partial charge is 0.326 e. The van der Waals surface area contributed by atoms with E-state index in [1.165, 1.54) is 24.3 Å². The summed E-state index contributed by atoms with van der Waals surface area (Å²) in [6.45, 7) is 4.61. The Hall–Kier alpha value is -2.15. The van der Waals surface area contributed by atoms with E-state index in [0.717, 1.165) is 4.90 Å². The summed E-state index contributed by atoms with van der Waals surface area (Å²) in [6.07, 6.45) is 1.30. The molecule has 1 fully saturated rings. The van der Waals surface area contributed by atoms with Crippen LogP contribution in [0.3, 0.4) is 0 Å². The summed E-state index contributed by atoms with van der Waals surface area (Å²) >= 11 is 0.669. The van der Waals surface area contributed by atoms with E-state index in [1.54, 1.807) is 26.8 Å². The number of esters is 1. The number of benzene rings is 1. The van der Waals surface area contributed by atoms with Crippen LogP contribution in [0.5, 0.6) is 0 Å². The molecule has 23 heavy (non-hydrogen) atoms. The summed E-state index contributed by atoms with van der Waals surface area (Å²) in [7, 11) is 0. The predicted molar refractivity (Wildman–Crippen MR) is 84.9 cm³/mol. The fourth-order valence-electron chi connectivity index (χ4n) is 1.87. The van der Waals surface area contributed by atoms with Gasteiger partial charge in [0.25, 0.3) is 11.1 Å². The first kappa shape index (κ1) is 17.2. The Balaban J connectivity index is 2.14. The second kappa shape index (κ2) is 6.54. The molecule has 2 rings (SSSR count). The number of ether oxygens (including phenoxy) is 1. The number of carbonyl (C=O) groups is 3. The summed E-state index contributed by atoms with van der Waals surface area (Å²) in [5.41, 5.74) is -0.503. The van der Waals surface area contributed by atoms with Gasteiger partial charge in [-0.2, -0.15) is 0 Å². The topological polar surface area (TPSA) is 63.7 Å². The van der Waals surface area contributed by atoms with Gasteiger partial charge in [-0.15, -0.1) is 0 Å². The zero-order chi connectivity index (χ0) is 17.2. The molecule has 1 heterocycles. The molecule has 0 saturated carbocycles. The second-order valence-electron chi connectivity index (χ2n) is 5.88. The van der Waals surface area contributed by atoms with Crippen molar-refractivity contribution in [2.75, 3.05) is 6.54 Å². The molecule has 5 nitrogen and oxygen atoms in total. The normalized spacial score (nSPS) is 17.0. The molecule has 0 unspecified atom stereocenters. The Morgan fingerprint density at radius 1 is 1.30 bits per heavy atom. The Morgan fingerprint density at radius 2 is 1.96 bits per heavy atom. The maximum absolute atomic E-state index is 13.6. The Kier molecular flexibility index (Phi) is 4.89. The van der Waals surface area contributed by atoms with Crippen LogP contribution in [-0.4, -0.2) is 34.2 Å². The molecule has 2 amide bonds. The maximum Gasteiger partial charge on any atom is 0.326 e. The summed E-state index contributed by atoms with van der Waals surface area (Å²) in [6, 6.07) is 5.91. The summed E-state index contributed by atoms with van der Waals surface area (Å²) in [4.78, 5) is 36.8. The van der Waals surface area contributed by atoms with E-state index in [-0.39, 0.29) is 10.5 Å². The summed E-state index contributed by atoms with van der Waals surface area (Å²) < 4.78 is 18.7. The predicted octanol–water partition coefficient (Wildman–Crippen LogP) is 3.20. The largest absolute Gasteiger partial charge is 0.459 e. The average molecular weight is 337 g/mol. The monoisotopic (exact) mass is 337 g/mol. The molecule has 7 heteroatoms.